The van der Waals surface area contributed by atoms with Crippen molar-refractivity contribution in [3.8, 4) is 0 Å². The third kappa shape index (κ3) is 3.30. The van der Waals surface area contributed by atoms with Crippen LogP contribution in [0.2, 0.25) is 5.15 Å². The molecule has 0 spiro atoms. The van der Waals surface area contributed by atoms with Gasteiger partial charge in [-0.05, 0) is 43.9 Å². The molecule has 0 amide bonds. The Balaban J connectivity index is 1.77. The van der Waals surface area contributed by atoms with Gasteiger partial charge >= 0.3 is 0 Å². The number of aromatic nitrogens is 3. The summed E-state index contributed by atoms with van der Waals surface area (Å²) in [6.45, 7) is 4.09. The lowest BCUT2D eigenvalue weighted by Gasteiger charge is -2.18. The van der Waals surface area contributed by atoms with Gasteiger partial charge in [-0.2, -0.15) is 0 Å². The van der Waals surface area contributed by atoms with Crippen molar-refractivity contribution in [2.75, 3.05) is 0 Å². The van der Waals surface area contributed by atoms with E-state index in [0.717, 1.165) is 45.1 Å². The first-order valence-electron chi connectivity index (χ1n) is 8.80. The van der Waals surface area contributed by atoms with Crippen molar-refractivity contribution in [2.24, 2.45) is 0 Å². The van der Waals surface area contributed by atoms with Crippen LogP contribution in [-0.4, -0.2) is 14.5 Å². The van der Waals surface area contributed by atoms with Crippen LogP contribution >= 0.6 is 34.7 Å². The predicted molar refractivity (Wildman–Crippen MR) is 110 cm³/mol. The highest BCUT2D eigenvalue weighted by Gasteiger charge is 2.24. The Morgan fingerprint density at radius 2 is 2.08 bits per heavy atom. The third-order valence-electron chi connectivity index (χ3n) is 5.05. The lowest BCUT2D eigenvalue weighted by atomic mass is 10.2. The molecule has 3 heterocycles. The number of fused-ring (bicyclic) bond motifs is 1. The molecule has 4 rings (SSSR count). The van der Waals surface area contributed by atoms with Crippen LogP contribution in [0.3, 0.4) is 0 Å². The second kappa shape index (κ2) is 7.33. The van der Waals surface area contributed by atoms with E-state index in [1.807, 2.05) is 17.6 Å². The Morgan fingerprint density at radius 1 is 1.31 bits per heavy atom. The molecule has 0 radical (unpaired) electrons. The molecule has 1 saturated carbocycles. The summed E-state index contributed by atoms with van der Waals surface area (Å²) < 4.78 is 1.96. The summed E-state index contributed by atoms with van der Waals surface area (Å²) in [6, 6.07) is 4.03. The van der Waals surface area contributed by atoms with Crippen molar-refractivity contribution in [1.82, 2.24) is 14.5 Å². The van der Waals surface area contributed by atoms with Crippen LogP contribution < -0.4 is 5.56 Å². The van der Waals surface area contributed by atoms with Crippen molar-refractivity contribution >= 4 is 44.9 Å². The Hall–Kier alpha value is -1.37. The lowest BCUT2D eigenvalue weighted by Crippen LogP contribution is -2.26. The molecule has 1 aliphatic carbocycles. The zero-order valence-electron chi connectivity index (χ0n) is 14.8. The number of halogens is 1. The van der Waals surface area contributed by atoms with E-state index in [2.05, 4.69) is 11.9 Å². The maximum Gasteiger partial charge on any atom is 0.263 e. The van der Waals surface area contributed by atoms with Crippen LogP contribution in [0.15, 0.2) is 28.3 Å². The van der Waals surface area contributed by atoms with Crippen LogP contribution in [0.4, 0.5) is 0 Å². The van der Waals surface area contributed by atoms with E-state index in [4.69, 9.17) is 16.6 Å². The minimum atomic E-state index is 0.125. The first kappa shape index (κ1) is 18.0. The number of aryl methyl sites for hydroxylation is 2. The van der Waals surface area contributed by atoms with Gasteiger partial charge in [-0.1, -0.05) is 42.3 Å². The van der Waals surface area contributed by atoms with Crippen LogP contribution in [0.1, 0.15) is 47.7 Å². The molecule has 0 unspecified atom stereocenters. The van der Waals surface area contributed by atoms with Crippen molar-refractivity contribution in [1.29, 1.82) is 0 Å². The third-order valence-corrected chi connectivity index (χ3v) is 7.40. The van der Waals surface area contributed by atoms with Gasteiger partial charge in [-0.15, -0.1) is 11.3 Å². The number of rotatable bonds is 4. The predicted octanol–water partition coefficient (Wildman–Crippen LogP) is 5.53. The van der Waals surface area contributed by atoms with E-state index in [9.17, 15) is 4.79 Å². The molecule has 3 aromatic heterocycles. The Morgan fingerprint density at radius 3 is 2.77 bits per heavy atom. The fourth-order valence-electron chi connectivity index (χ4n) is 3.51. The Bertz CT molecular complexity index is 1000. The Kier molecular flexibility index (Phi) is 5.08. The van der Waals surface area contributed by atoms with Crippen molar-refractivity contribution in [3.63, 3.8) is 0 Å². The van der Waals surface area contributed by atoms with E-state index in [0.29, 0.717) is 5.15 Å². The zero-order chi connectivity index (χ0) is 18.3. The Labute approximate surface area is 165 Å². The normalized spacial score (nSPS) is 15.2. The average molecular weight is 406 g/mol. The largest absolute Gasteiger partial charge is 0.284 e. The molecule has 0 saturated heterocycles. The van der Waals surface area contributed by atoms with Gasteiger partial charge < -0.3 is 0 Å². The van der Waals surface area contributed by atoms with Gasteiger partial charge in [0.25, 0.3) is 5.56 Å². The highest BCUT2D eigenvalue weighted by atomic mass is 35.5. The number of thioether (sulfide) groups is 1. The molecule has 7 heteroatoms. The minimum absolute atomic E-state index is 0.125. The molecule has 136 valence electrons. The highest BCUT2D eigenvalue weighted by Crippen LogP contribution is 2.35. The lowest BCUT2D eigenvalue weighted by molar-refractivity contribution is 0.458. The highest BCUT2D eigenvalue weighted by molar-refractivity contribution is 7.98. The molecule has 1 fully saturated rings. The molecule has 0 N–H and O–H groups in total. The van der Waals surface area contributed by atoms with Gasteiger partial charge in [0.2, 0.25) is 0 Å². The molecule has 3 aromatic rings. The molecule has 0 atom stereocenters. The van der Waals surface area contributed by atoms with Crippen LogP contribution in [0, 0.1) is 13.8 Å². The van der Waals surface area contributed by atoms with E-state index < -0.39 is 0 Å². The second-order valence-electron chi connectivity index (χ2n) is 6.75. The monoisotopic (exact) mass is 405 g/mol. The topological polar surface area (TPSA) is 47.8 Å². The van der Waals surface area contributed by atoms with Crippen LogP contribution in [-0.2, 0) is 5.75 Å². The summed E-state index contributed by atoms with van der Waals surface area (Å²) in [6.07, 6.45) is 6.27. The van der Waals surface area contributed by atoms with Gasteiger partial charge in [0.15, 0.2) is 5.16 Å². The minimum Gasteiger partial charge on any atom is -0.284 e. The number of nitrogens with zero attached hydrogens (tertiary/aromatic N) is 3. The maximum atomic E-state index is 13.3. The van der Waals surface area contributed by atoms with Crippen molar-refractivity contribution in [2.45, 2.75) is 56.5 Å². The quantitative estimate of drug-likeness (QED) is 0.325. The maximum absolute atomic E-state index is 13.3. The van der Waals surface area contributed by atoms with Gasteiger partial charge in [-0.25, -0.2) is 9.97 Å². The summed E-state index contributed by atoms with van der Waals surface area (Å²) in [5.74, 6) is 0.720. The molecular formula is C19H20ClN3OS2. The first-order chi connectivity index (χ1) is 12.5. The molecule has 4 nitrogen and oxygen atoms in total. The number of pyridine rings is 1. The zero-order valence-corrected chi connectivity index (χ0v) is 17.2. The number of hydrogen-bond donors (Lipinski definition) is 0. The van der Waals surface area contributed by atoms with Gasteiger partial charge in [0.1, 0.15) is 9.98 Å². The van der Waals surface area contributed by atoms with E-state index in [1.54, 1.807) is 35.4 Å². The van der Waals surface area contributed by atoms with Gasteiger partial charge in [0, 0.05) is 22.9 Å². The second-order valence-corrected chi connectivity index (χ2v) is 9.28. The fraction of sp³-hybridized carbons (Fsp3) is 0.421. The van der Waals surface area contributed by atoms with Crippen molar-refractivity contribution < 1.29 is 0 Å². The van der Waals surface area contributed by atoms with Gasteiger partial charge in [-0.3, -0.25) is 9.36 Å². The van der Waals surface area contributed by atoms with E-state index >= 15 is 0 Å². The summed E-state index contributed by atoms with van der Waals surface area (Å²) in [5, 5.41) is 2.12. The summed E-state index contributed by atoms with van der Waals surface area (Å²) in [7, 11) is 0. The SMILES string of the molecule is Cc1sc2nc(SCc3ccc(Cl)nc3)n(C3CCCC3)c(=O)c2c1C. The summed E-state index contributed by atoms with van der Waals surface area (Å²) in [5.41, 5.74) is 2.28. The standard InChI is InChI=1S/C19H20ClN3OS2/c1-11-12(2)26-17-16(11)18(24)23(14-5-3-4-6-14)19(22-17)25-10-13-7-8-15(20)21-9-13/h7-9,14H,3-6,10H2,1-2H3. The molecule has 26 heavy (non-hydrogen) atoms. The summed E-state index contributed by atoms with van der Waals surface area (Å²) in [4.78, 5) is 24.4. The number of hydrogen-bond acceptors (Lipinski definition) is 5. The van der Waals surface area contributed by atoms with E-state index in [1.165, 1.54) is 17.7 Å². The smallest absolute Gasteiger partial charge is 0.263 e. The van der Waals surface area contributed by atoms with Crippen LogP contribution in [0.25, 0.3) is 10.2 Å². The molecule has 0 bridgehead atoms. The van der Waals surface area contributed by atoms with E-state index in [-0.39, 0.29) is 11.6 Å². The molecule has 0 aliphatic heterocycles. The van der Waals surface area contributed by atoms with Crippen LogP contribution in [0.5, 0.6) is 0 Å². The van der Waals surface area contributed by atoms with Crippen molar-refractivity contribution in [3.05, 3.63) is 49.8 Å². The molecule has 1 aliphatic rings. The van der Waals surface area contributed by atoms with Gasteiger partial charge in [0.05, 0.1) is 5.39 Å². The first-order valence-corrected chi connectivity index (χ1v) is 11.0. The molecular weight excluding hydrogens is 386 g/mol. The number of thiophene rings is 1. The average Bonchev–Trinajstić information content (AvgIpc) is 3.23. The summed E-state index contributed by atoms with van der Waals surface area (Å²) >= 11 is 9.10. The molecule has 0 aromatic carbocycles. The fourth-order valence-corrected chi connectivity index (χ4v) is 5.70.